The fourth-order valence-corrected chi connectivity index (χ4v) is 0.428. The molecule has 1 unspecified atom stereocenters. The van der Waals surface area contributed by atoms with Gasteiger partial charge < -0.3 is 5.73 Å². The van der Waals surface area contributed by atoms with E-state index in [2.05, 4.69) is 10.1 Å². The van der Waals surface area contributed by atoms with Crippen LogP contribution in [0.1, 0.15) is 13.1 Å². The van der Waals surface area contributed by atoms with Crippen LogP contribution in [0.15, 0.2) is 12.7 Å². The summed E-state index contributed by atoms with van der Waals surface area (Å²) < 4.78 is 1.58. The van der Waals surface area contributed by atoms with Gasteiger partial charge in [-0.2, -0.15) is 5.10 Å². The summed E-state index contributed by atoms with van der Waals surface area (Å²) in [5.41, 5.74) is 5.42. The molecule has 1 rings (SSSR count). The molecule has 0 radical (unpaired) electrons. The lowest BCUT2D eigenvalue weighted by Crippen LogP contribution is -2.14. The number of hydrogen-bond donors (Lipinski definition) is 1. The van der Waals surface area contributed by atoms with E-state index in [-0.39, 0.29) is 6.17 Å². The van der Waals surface area contributed by atoms with E-state index in [1.807, 2.05) is 6.92 Å². The molecule has 0 aromatic carbocycles. The van der Waals surface area contributed by atoms with Crippen molar-refractivity contribution in [2.75, 3.05) is 0 Å². The molecule has 0 amide bonds. The Balaban J connectivity index is 2.77. The highest BCUT2D eigenvalue weighted by Crippen LogP contribution is 1.88. The Morgan fingerprint density at radius 1 is 1.75 bits per heavy atom. The second kappa shape index (κ2) is 1.92. The molecule has 2 N–H and O–H groups in total. The van der Waals surface area contributed by atoms with E-state index in [9.17, 15) is 0 Å². The molecule has 0 spiro atoms. The zero-order valence-electron chi connectivity index (χ0n) is 4.65. The van der Waals surface area contributed by atoms with Crippen LogP contribution in [0.5, 0.6) is 0 Å². The third-order valence-electron chi connectivity index (χ3n) is 0.854. The Morgan fingerprint density at radius 3 is 2.75 bits per heavy atom. The van der Waals surface area contributed by atoms with E-state index in [1.54, 1.807) is 11.0 Å². The van der Waals surface area contributed by atoms with Crippen molar-refractivity contribution in [1.82, 2.24) is 14.8 Å². The number of nitrogens with zero attached hydrogens (tertiary/aromatic N) is 3. The summed E-state index contributed by atoms with van der Waals surface area (Å²) >= 11 is 0. The van der Waals surface area contributed by atoms with Crippen LogP contribution in [0.2, 0.25) is 0 Å². The van der Waals surface area contributed by atoms with Crippen LogP contribution in [0.3, 0.4) is 0 Å². The molecule has 8 heavy (non-hydrogen) atoms. The van der Waals surface area contributed by atoms with Crippen molar-refractivity contribution in [2.24, 2.45) is 5.73 Å². The highest BCUT2D eigenvalue weighted by Gasteiger charge is 1.92. The molecule has 1 heterocycles. The summed E-state index contributed by atoms with van der Waals surface area (Å²) in [6.45, 7) is 1.84. The van der Waals surface area contributed by atoms with Crippen LogP contribution >= 0.6 is 0 Å². The maximum Gasteiger partial charge on any atom is 0.137 e. The standard InChI is InChI=1S/C4H8N4/c1-4(5)8-3-6-2-7-8/h2-4H,5H2,1H3. The summed E-state index contributed by atoms with van der Waals surface area (Å²) in [6, 6.07) is 0. The minimum Gasteiger partial charge on any atom is -0.310 e. The van der Waals surface area contributed by atoms with Crippen LogP contribution in [-0.2, 0) is 0 Å². The molecular weight excluding hydrogens is 104 g/mol. The molecule has 1 atom stereocenters. The van der Waals surface area contributed by atoms with Crippen molar-refractivity contribution in [1.29, 1.82) is 0 Å². The predicted octanol–water partition coefficient (Wildman–Crippen LogP) is -0.245. The quantitative estimate of drug-likeness (QED) is 0.545. The first-order valence-corrected chi connectivity index (χ1v) is 2.40. The van der Waals surface area contributed by atoms with Gasteiger partial charge in [-0.15, -0.1) is 0 Å². The molecule has 0 saturated heterocycles. The van der Waals surface area contributed by atoms with Crippen LogP contribution in [-0.4, -0.2) is 14.8 Å². The topological polar surface area (TPSA) is 56.7 Å². The van der Waals surface area contributed by atoms with Gasteiger partial charge in [-0.05, 0) is 6.92 Å². The second-order valence-corrected chi connectivity index (χ2v) is 1.62. The molecule has 0 saturated carbocycles. The van der Waals surface area contributed by atoms with Gasteiger partial charge in [0.05, 0.1) is 6.17 Å². The third kappa shape index (κ3) is 0.840. The SMILES string of the molecule is CC(N)n1cncn1. The zero-order valence-corrected chi connectivity index (χ0v) is 4.65. The summed E-state index contributed by atoms with van der Waals surface area (Å²) in [4.78, 5) is 3.72. The molecule has 1 aromatic heterocycles. The fourth-order valence-electron chi connectivity index (χ4n) is 0.428. The van der Waals surface area contributed by atoms with Crippen molar-refractivity contribution in [2.45, 2.75) is 13.1 Å². The summed E-state index contributed by atoms with van der Waals surface area (Å²) in [7, 11) is 0. The monoisotopic (exact) mass is 112 g/mol. The lowest BCUT2D eigenvalue weighted by molar-refractivity contribution is 0.508. The lowest BCUT2D eigenvalue weighted by atomic mass is 10.6. The van der Waals surface area contributed by atoms with Gasteiger partial charge in [0.1, 0.15) is 12.7 Å². The van der Waals surface area contributed by atoms with E-state index in [4.69, 9.17) is 5.73 Å². The highest BCUT2D eigenvalue weighted by molar-refractivity contribution is 4.58. The first-order chi connectivity index (χ1) is 3.80. The van der Waals surface area contributed by atoms with Crippen LogP contribution in [0.25, 0.3) is 0 Å². The average Bonchev–Trinajstić information content (AvgIpc) is 2.12. The first-order valence-electron chi connectivity index (χ1n) is 2.40. The number of aromatic nitrogens is 3. The molecule has 1 aromatic rings. The predicted molar refractivity (Wildman–Crippen MR) is 28.9 cm³/mol. The Morgan fingerprint density at radius 2 is 2.50 bits per heavy atom. The zero-order chi connectivity index (χ0) is 5.98. The number of hydrogen-bond acceptors (Lipinski definition) is 3. The van der Waals surface area contributed by atoms with Crippen molar-refractivity contribution < 1.29 is 0 Å². The first kappa shape index (κ1) is 5.24. The van der Waals surface area contributed by atoms with E-state index in [0.29, 0.717) is 0 Å². The normalized spacial score (nSPS) is 13.8. The molecule has 0 aliphatic carbocycles. The molecule has 0 aliphatic heterocycles. The van der Waals surface area contributed by atoms with Gasteiger partial charge in [-0.3, -0.25) is 0 Å². The third-order valence-corrected chi connectivity index (χ3v) is 0.854. The Hall–Kier alpha value is -0.900. The molecule has 0 fully saturated rings. The molecule has 44 valence electrons. The smallest absolute Gasteiger partial charge is 0.137 e. The second-order valence-electron chi connectivity index (χ2n) is 1.62. The molecular formula is C4H8N4. The van der Waals surface area contributed by atoms with Gasteiger partial charge in [-0.1, -0.05) is 0 Å². The van der Waals surface area contributed by atoms with E-state index < -0.39 is 0 Å². The lowest BCUT2D eigenvalue weighted by Gasteiger charge is -2.00. The van der Waals surface area contributed by atoms with Crippen molar-refractivity contribution in [3.8, 4) is 0 Å². The largest absolute Gasteiger partial charge is 0.310 e. The van der Waals surface area contributed by atoms with Gasteiger partial charge in [-0.25, -0.2) is 9.67 Å². The number of nitrogens with two attached hydrogens (primary N) is 1. The van der Waals surface area contributed by atoms with Gasteiger partial charge in [0.2, 0.25) is 0 Å². The van der Waals surface area contributed by atoms with Crippen LogP contribution < -0.4 is 5.73 Å². The van der Waals surface area contributed by atoms with E-state index in [0.717, 1.165) is 0 Å². The molecule has 4 nitrogen and oxygen atoms in total. The Bertz CT molecular complexity index is 143. The van der Waals surface area contributed by atoms with Gasteiger partial charge >= 0.3 is 0 Å². The fraction of sp³-hybridized carbons (Fsp3) is 0.500. The maximum absolute atomic E-state index is 5.42. The summed E-state index contributed by atoms with van der Waals surface area (Å²) in [6.07, 6.45) is 2.98. The summed E-state index contributed by atoms with van der Waals surface area (Å²) in [5, 5.41) is 3.80. The average molecular weight is 112 g/mol. The minimum atomic E-state index is -0.0718. The van der Waals surface area contributed by atoms with Gasteiger partial charge in [0.25, 0.3) is 0 Å². The van der Waals surface area contributed by atoms with Crippen molar-refractivity contribution >= 4 is 0 Å². The van der Waals surface area contributed by atoms with Crippen LogP contribution in [0.4, 0.5) is 0 Å². The molecule has 4 heteroatoms. The Kier molecular flexibility index (Phi) is 1.26. The van der Waals surface area contributed by atoms with Gasteiger partial charge in [0.15, 0.2) is 0 Å². The van der Waals surface area contributed by atoms with E-state index in [1.165, 1.54) is 6.33 Å². The maximum atomic E-state index is 5.42. The Labute approximate surface area is 47.3 Å². The van der Waals surface area contributed by atoms with E-state index >= 15 is 0 Å². The number of rotatable bonds is 1. The van der Waals surface area contributed by atoms with Crippen molar-refractivity contribution in [3.05, 3.63) is 12.7 Å². The van der Waals surface area contributed by atoms with Gasteiger partial charge in [0, 0.05) is 0 Å². The minimum absolute atomic E-state index is 0.0718. The summed E-state index contributed by atoms with van der Waals surface area (Å²) in [5.74, 6) is 0. The van der Waals surface area contributed by atoms with Crippen molar-refractivity contribution in [3.63, 3.8) is 0 Å². The highest BCUT2D eigenvalue weighted by atomic mass is 15.4. The molecule has 0 aliphatic rings. The molecule has 0 bridgehead atoms. The van der Waals surface area contributed by atoms with Crippen LogP contribution in [0, 0.1) is 0 Å².